The molecule has 1 aliphatic carbocycles. The minimum absolute atomic E-state index is 0.0432. The van der Waals surface area contributed by atoms with Gasteiger partial charge in [-0.15, -0.1) is 0 Å². The second-order valence-corrected chi connectivity index (χ2v) is 8.67. The van der Waals surface area contributed by atoms with Crippen LogP contribution in [0.4, 0.5) is 4.79 Å². The molecule has 1 aromatic rings. The molecular weight excluding hydrogens is 330 g/mol. The zero-order valence-electron chi connectivity index (χ0n) is 15.9. The second-order valence-electron chi connectivity index (χ2n) is 8.67. The van der Waals surface area contributed by atoms with Crippen LogP contribution in [0.1, 0.15) is 58.6 Å². The monoisotopic (exact) mass is 355 g/mol. The van der Waals surface area contributed by atoms with Crippen molar-refractivity contribution in [1.29, 1.82) is 5.26 Å². The van der Waals surface area contributed by atoms with Gasteiger partial charge in [-0.05, 0) is 37.5 Å². The molecule has 1 aliphatic heterocycles. The summed E-state index contributed by atoms with van der Waals surface area (Å²) in [4.78, 5) is 25.8. The molecule has 0 unspecified atom stereocenters. The first-order chi connectivity index (χ1) is 12.0. The van der Waals surface area contributed by atoms with Gasteiger partial charge in [-0.3, -0.25) is 9.69 Å². The number of hydrogen-bond acceptors (Lipinski definition) is 4. The van der Waals surface area contributed by atoms with E-state index in [1.807, 2.05) is 12.1 Å². The molecule has 1 aromatic carbocycles. The smallest absolute Gasteiger partial charge is 0.325 e. The Morgan fingerprint density at radius 3 is 2.42 bits per heavy atom. The van der Waals surface area contributed by atoms with Crippen LogP contribution < -0.4 is 10.1 Å². The van der Waals surface area contributed by atoms with Gasteiger partial charge in [0.25, 0.3) is 5.91 Å². The highest BCUT2D eigenvalue weighted by Gasteiger charge is 2.51. The number of nitriles is 1. The molecule has 3 rings (SSSR count). The Morgan fingerprint density at radius 1 is 1.27 bits per heavy atom. The van der Waals surface area contributed by atoms with E-state index in [1.165, 1.54) is 4.90 Å². The van der Waals surface area contributed by atoms with Gasteiger partial charge in [-0.25, -0.2) is 4.79 Å². The number of urea groups is 1. The first-order valence-corrected chi connectivity index (χ1v) is 8.90. The Balaban J connectivity index is 1.70. The molecule has 1 saturated carbocycles. The van der Waals surface area contributed by atoms with Crippen LogP contribution in [-0.4, -0.2) is 34.5 Å². The summed E-state index contributed by atoms with van der Waals surface area (Å²) in [6.07, 6.45) is 1.20. The summed E-state index contributed by atoms with van der Waals surface area (Å²) < 4.78 is 6.14. The van der Waals surface area contributed by atoms with Gasteiger partial charge < -0.3 is 10.1 Å². The van der Waals surface area contributed by atoms with E-state index in [9.17, 15) is 9.59 Å². The average Bonchev–Trinajstić information content (AvgIpc) is 2.70. The lowest BCUT2D eigenvalue weighted by molar-refractivity contribution is -0.134. The standard InChI is InChI=1S/C20H25N3O3/c1-19(2,3)15-8-12(11-21)6-7-16(15)26-14-9-13(10-14)23-17(24)20(4,5)22-18(23)25/h6-8,13-14H,9-10H2,1-5H3,(H,22,25)/t13-,14-. The Labute approximate surface area is 154 Å². The van der Waals surface area contributed by atoms with Crippen LogP contribution in [0.2, 0.25) is 0 Å². The third-order valence-electron chi connectivity index (χ3n) is 5.04. The highest BCUT2D eigenvalue weighted by atomic mass is 16.5. The third kappa shape index (κ3) is 3.14. The third-order valence-corrected chi connectivity index (χ3v) is 5.04. The van der Waals surface area contributed by atoms with Crippen molar-refractivity contribution in [2.45, 2.75) is 70.6 Å². The highest BCUT2D eigenvalue weighted by Crippen LogP contribution is 2.37. The molecule has 1 N–H and O–H groups in total. The average molecular weight is 355 g/mol. The topological polar surface area (TPSA) is 82.4 Å². The fraction of sp³-hybridized carbons (Fsp3) is 0.550. The summed E-state index contributed by atoms with van der Waals surface area (Å²) in [5.74, 6) is 0.581. The quantitative estimate of drug-likeness (QED) is 0.845. The first-order valence-electron chi connectivity index (χ1n) is 8.90. The highest BCUT2D eigenvalue weighted by molar-refractivity contribution is 6.06. The van der Waals surface area contributed by atoms with Crippen LogP contribution in [0.15, 0.2) is 18.2 Å². The molecule has 0 radical (unpaired) electrons. The Bertz CT molecular complexity index is 795. The van der Waals surface area contributed by atoms with Gasteiger partial charge in [-0.2, -0.15) is 5.26 Å². The van der Waals surface area contributed by atoms with Crippen molar-refractivity contribution in [3.63, 3.8) is 0 Å². The molecule has 138 valence electrons. The summed E-state index contributed by atoms with van der Waals surface area (Å²) in [5.41, 5.74) is 0.599. The Morgan fingerprint density at radius 2 is 1.92 bits per heavy atom. The Hall–Kier alpha value is -2.55. The van der Waals surface area contributed by atoms with Gasteiger partial charge in [0.1, 0.15) is 17.4 Å². The summed E-state index contributed by atoms with van der Waals surface area (Å²) >= 11 is 0. The molecule has 26 heavy (non-hydrogen) atoms. The van der Waals surface area contributed by atoms with Gasteiger partial charge in [0.2, 0.25) is 0 Å². The minimum atomic E-state index is -0.838. The van der Waals surface area contributed by atoms with Crippen molar-refractivity contribution in [3.8, 4) is 11.8 Å². The van der Waals surface area contributed by atoms with Crippen LogP contribution in [0, 0.1) is 11.3 Å². The SMILES string of the molecule is CC1(C)NC(=O)N([C@H]2C[C@H](Oc3ccc(C#N)cc3C(C)(C)C)C2)C1=O. The van der Waals surface area contributed by atoms with Crippen molar-refractivity contribution in [1.82, 2.24) is 10.2 Å². The molecule has 1 heterocycles. The van der Waals surface area contributed by atoms with E-state index in [4.69, 9.17) is 10.00 Å². The van der Waals surface area contributed by atoms with Crippen molar-refractivity contribution in [2.75, 3.05) is 0 Å². The maximum atomic E-state index is 12.4. The number of benzene rings is 1. The van der Waals surface area contributed by atoms with Gasteiger partial charge in [0.05, 0.1) is 11.6 Å². The number of carbonyl (C=O) groups excluding carboxylic acids is 2. The van der Waals surface area contributed by atoms with Crippen LogP contribution in [0.5, 0.6) is 5.75 Å². The van der Waals surface area contributed by atoms with E-state index in [1.54, 1.807) is 19.9 Å². The van der Waals surface area contributed by atoms with Crippen molar-refractivity contribution in [3.05, 3.63) is 29.3 Å². The van der Waals surface area contributed by atoms with E-state index in [0.717, 1.165) is 11.3 Å². The van der Waals surface area contributed by atoms with Crippen molar-refractivity contribution in [2.24, 2.45) is 0 Å². The van der Waals surface area contributed by atoms with E-state index in [-0.39, 0.29) is 29.5 Å². The van der Waals surface area contributed by atoms with Gasteiger partial charge in [0.15, 0.2) is 0 Å². The van der Waals surface area contributed by atoms with Crippen LogP contribution in [0.25, 0.3) is 0 Å². The molecule has 6 heteroatoms. The predicted octanol–water partition coefficient (Wildman–Crippen LogP) is 3.10. The summed E-state index contributed by atoms with van der Waals surface area (Å²) in [6, 6.07) is 7.18. The molecule has 2 aliphatic rings. The fourth-order valence-electron chi connectivity index (χ4n) is 3.42. The summed E-state index contributed by atoms with van der Waals surface area (Å²) in [5, 5.41) is 11.9. The molecule has 0 spiro atoms. The first kappa shape index (κ1) is 18.2. The molecule has 0 aromatic heterocycles. The molecule has 2 fully saturated rings. The van der Waals surface area contributed by atoms with Crippen LogP contribution >= 0.6 is 0 Å². The van der Waals surface area contributed by atoms with E-state index in [2.05, 4.69) is 32.2 Å². The van der Waals surface area contributed by atoms with Gasteiger partial charge in [-0.1, -0.05) is 20.8 Å². The number of rotatable bonds is 3. The molecule has 6 nitrogen and oxygen atoms in total. The number of amides is 3. The van der Waals surface area contributed by atoms with Crippen LogP contribution in [-0.2, 0) is 10.2 Å². The number of nitrogens with zero attached hydrogens (tertiary/aromatic N) is 2. The Kier molecular flexibility index (Phi) is 4.22. The van der Waals surface area contributed by atoms with Crippen molar-refractivity contribution < 1.29 is 14.3 Å². The van der Waals surface area contributed by atoms with E-state index < -0.39 is 5.54 Å². The fourth-order valence-corrected chi connectivity index (χ4v) is 3.42. The number of nitrogens with one attached hydrogen (secondary N) is 1. The number of carbonyl (C=O) groups is 2. The van der Waals surface area contributed by atoms with Gasteiger partial charge in [0, 0.05) is 24.4 Å². The lowest BCUT2D eigenvalue weighted by atomic mass is 9.84. The normalized spacial score (nSPS) is 24.7. The maximum absolute atomic E-state index is 12.4. The second kappa shape index (κ2) is 6.01. The van der Waals surface area contributed by atoms with Crippen LogP contribution in [0.3, 0.4) is 0 Å². The number of imide groups is 1. The number of ether oxygens (including phenoxy) is 1. The van der Waals surface area contributed by atoms with E-state index >= 15 is 0 Å². The molecule has 0 atom stereocenters. The minimum Gasteiger partial charge on any atom is -0.490 e. The molecule has 3 amide bonds. The maximum Gasteiger partial charge on any atom is 0.325 e. The molecule has 1 saturated heterocycles. The van der Waals surface area contributed by atoms with Gasteiger partial charge >= 0.3 is 6.03 Å². The summed E-state index contributed by atoms with van der Waals surface area (Å²) in [6.45, 7) is 9.66. The molecule has 0 bridgehead atoms. The largest absolute Gasteiger partial charge is 0.490 e. The lowest BCUT2D eigenvalue weighted by Gasteiger charge is -2.40. The summed E-state index contributed by atoms with van der Waals surface area (Å²) in [7, 11) is 0. The zero-order valence-corrected chi connectivity index (χ0v) is 15.9. The lowest BCUT2D eigenvalue weighted by Crippen LogP contribution is -2.52. The zero-order chi connectivity index (χ0) is 19.3. The van der Waals surface area contributed by atoms with Crippen molar-refractivity contribution >= 4 is 11.9 Å². The number of hydrogen-bond donors (Lipinski definition) is 1. The predicted molar refractivity (Wildman–Crippen MR) is 96.8 cm³/mol. The van der Waals surface area contributed by atoms with E-state index in [0.29, 0.717) is 18.4 Å². The molecular formula is C20H25N3O3.